The molecule has 0 spiro atoms. The number of thioether (sulfide) groups is 1. The summed E-state index contributed by atoms with van der Waals surface area (Å²) in [5.41, 5.74) is 5.68. The SMILES string of the molecule is CCCCN(c1ccccc1SC1C(=O)N(c2c(Cl)cc(Cl)cc2Cl)NC1=Nc1cc(NC(C)=O)ccc1Cl)S(=O)Oc1ccc(C)cc1. The van der Waals surface area contributed by atoms with Crippen molar-refractivity contribution in [3.63, 3.8) is 0 Å². The Labute approximate surface area is 311 Å². The molecule has 1 aliphatic heterocycles. The number of aryl methyl sites for hydroxylation is 1. The third-order valence-electron chi connectivity index (χ3n) is 7.09. The highest BCUT2D eigenvalue weighted by molar-refractivity contribution is 8.01. The minimum absolute atomic E-state index is 0.142. The molecule has 1 aliphatic rings. The van der Waals surface area contributed by atoms with Gasteiger partial charge in [-0.15, -0.1) is 11.8 Å². The van der Waals surface area contributed by atoms with Crippen molar-refractivity contribution in [3.05, 3.63) is 105 Å². The number of amidine groups is 1. The Bertz CT molecular complexity index is 1910. The van der Waals surface area contributed by atoms with Gasteiger partial charge in [0.15, 0.2) is 0 Å². The Kier molecular flexibility index (Phi) is 12.4. The van der Waals surface area contributed by atoms with E-state index in [-0.39, 0.29) is 32.5 Å². The van der Waals surface area contributed by atoms with Crippen molar-refractivity contribution in [1.29, 1.82) is 0 Å². The molecule has 15 heteroatoms. The van der Waals surface area contributed by atoms with Crippen molar-refractivity contribution < 1.29 is 18.0 Å². The molecule has 0 bridgehead atoms. The van der Waals surface area contributed by atoms with Gasteiger partial charge >= 0.3 is 11.3 Å². The molecule has 5 rings (SSSR count). The second-order valence-electron chi connectivity index (χ2n) is 10.9. The van der Waals surface area contributed by atoms with Crippen molar-refractivity contribution >= 4 is 110 Å². The molecule has 256 valence electrons. The third-order valence-corrected chi connectivity index (χ3v) is 10.5. The Morgan fingerprint density at radius 2 is 1.71 bits per heavy atom. The van der Waals surface area contributed by atoms with Crippen molar-refractivity contribution in [2.24, 2.45) is 4.99 Å². The van der Waals surface area contributed by atoms with Gasteiger partial charge in [0.2, 0.25) is 5.91 Å². The van der Waals surface area contributed by atoms with Crippen LogP contribution in [0.4, 0.5) is 22.7 Å². The number of hydrazine groups is 1. The van der Waals surface area contributed by atoms with Gasteiger partial charge in [-0.2, -0.15) is 4.21 Å². The minimum atomic E-state index is -1.91. The third kappa shape index (κ3) is 9.02. The number of rotatable bonds is 12. The first-order valence-corrected chi connectivity index (χ1v) is 18.5. The normalized spacial score (nSPS) is 15.7. The van der Waals surface area contributed by atoms with Gasteiger partial charge in [0.1, 0.15) is 22.5 Å². The monoisotopic (exact) mass is 777 g/mol. The van der Waals surface area contributed by atoms with Crippen LogP contribution in [0.3, 0.4) is 0 Å². The van der Waals surface area contributed by atoms with E-state index in [0.29, 0.717) is 39.3 Å². The summed E-state index contributed by atoms with van der Waals surface area (Å²) < 4.78 is 21.3. The average Bonchev–Trinajstić information content (AvgIpc) is 3.33. The van der Waals surface area contributed by atoms with Crippen molar-refractivity contribution in [2.45, 2.75) is 43.8 Å². The number of carbonyl (C=O) groups is 2. The molecule has 2 amide bonds. The second-order valence-corrected chi connectivity index (χ2v) is 14.7. The predicted octanol–water partition coefficient (Wildman–Crippen LogP) is 9.57. The maximum Gasteiger partial charge on any atom is 0.318 e. The van der Waals surface area contributed by atoms with Gasteiger partial charge in [0.05, 0.1) is 26.4 Å². The summed E-state index contributed by atoms with van der Waals surface area (Å²) >= 11 is 25.1. The van der Waals surface area contributed by atoms with Gasteiger partial charge in [0, 0.05) is 29.1 Å². The number of nitrogens with one attached hydrogen (secondary N) is 2. The number of halogens is 4. The Balaban J connectivity index is 1.56. The Morgan fingerprint density at radius 1 is 1.02 bits per heavy atom. The molecule has 2 N–H and O–H groups in total. The average molecular weight is 780 g/mol. The maximum absolute atomic E-state index is 14.3. The summed E-state index contributed by atoms with van der Waals surface area (Å²) in [6.07, 6.45) is 1.59. The standard InChI is InChI=1S/C34H31Cl4N5O4S2/c1-4-5-16-42(49(46)47-24-13-10-20(2)11-14-24)29-8-6-7-9-30(29)48-32-33(40-28-19-23(39-21(3)44)12-15-25(28)36)41-43(34(32)45)31-26(37)17-22(35)18-27(31)38/h6-15,17-19,32H,4-5,16H2,1-3H3,(H,39,44)(H,40,41). The van der Waals surface area contributed by atoms with Crippen LogP contribution in [0.2, 0.25) is 20.1 Å². The molecule has 1 heterocycles. The smallest absolute Gasteiger partial charge is 0.318 e. The molecule has 49 heavy (non-hydrogen) atoms. The maximum atomic E-state index is 14.3. The van der Waals surface area contributed by atoms with Gasteiger partial charge in [-0.1, -0.05) is 89.6 Å². The molecular formula is C34H31Cl4N5O4S2. The number of amides is 2. The molecule has 2 atom stereocenters. The molecule has 0 aromatic heterocycles. The molecule has 4 aromatic rings. The quantitative estimate of drug-likeness (QED) is 0.149. The number of anilines is 3. The lowest BCUT2D eigenvalue weighted by Gasteiger charge is -2.25. The first-order chi connectivity index (χ1) is 23.4. The summed E-state index contributed by atoms with van der Waals surface area (Å²) in [5, 5.41) is 3.84. The first kappa shape index (κ1) is 36.8. The first-order valence-electron chi connectivity index (χ1n) is 15.1. The van der Waals surface area contributed by atoms with Crippen LogP contribution in [0.5, 0.6) is 5.75 Å². The van der Waals surface area contributed by atoms with Gasteiger partial charge in [-0.3, -0.25) is 19.3 Å². The van der Waals surface area contributed by atoms with Crippen LogP contribution in [-0.4, -0.2) is 33.7 Å². The van der Waals surface area contributed by atoms with Crippen molar-refractivity contribution in [3.8, 4) is 5.75 Å². The lowest BCUT2D eigenvalue weighted by molar-refractivity contribution is -0.116. The molecule has 2 unspecified atom stereocenters. The number of carbonyl (C=O) groups excluding carboxylic acids is 2. The van der Waals surface area contributed by atoms with Crippen LogP contribution in [0.1, 0.15) is 32.3 Å². The number of hydrogen-bond acceptors (Lipinski definition) is 6. The van der Waals surface area contributed by atoms with Gasteiger partial charge in [-0.05, 0) is 67.9 Å². The number of hydrogen-bond donors (Lipinski definition) is 2. The van der Waals surface area contributed by atoms with E-state index in [2.05, 4.69) is 10.7 Å². The van der Waals surface area contributed by atoms with E-state index < -0.39 is 22.4 Å². The van der Waals surface area contributed by atoms with E-state index in [4.69, 9.17) is 55.6 Å². The van der Waals surface area contributed by atoms with E-state index >= 15 is 0 Å². The van der Waals surface area contributed by atoms with Crippen LogP contribution < -0.4 is 24.2 Å². The molecule has 1 fully saturated rings. The zero-order valence-corrected chi connectivity index (χ0v) is 31.2. The summed E-state index contributed by atoms with van der Waals surface area (Å²) in [6.45, 7) is 5.82. The lowest BCUT2D eigenvalue weighted by atomic mass is 10.2. The van der Waals surface area contributed by atoms with Crippen LogP contribution >= 0.6 is 58.2 Å². The summed E-state index contributed by atoms with van der Waals surface area (Å²) in [7, 11) is 0. The molecule has 4 aromatic carbocycles. The molecule has 9 nitrogen and oxygen atoms in total. The zero-order valence-electron chi connectivity index (χ0n) is 26.5. The van der Waals surface area contributed by atoms with Crippen molar-refractivity contribution in [2.75, 3.05) is 21.2 Å². The zero-order chi connectivity index (χ0) is 35.2. The second kappa shape index (κ2) is 16.5. The largest absolute Gasteiger partial charge is 0.385 e. The minimum Gasteiger partial charge on any atom is -0.385 e. The highest BCUT2D eigenvalue weighted by Crippen LogP contribution is 2.42. The molecule has 0 aliphatic carbocycles. The van der Waals surface area contributed by atoms with Gasteiger partial charge in [0.25, 0.3) is 5.91 Å². The molecule has 0 radical (unpaired) electrons. The van der Waals surface area contributed by atoms with E-state index in [1.165, 1.54) is 35.8 Å². The van der Waals surface area contributed by atoms with E-state index in [0.717, 1.165) is 18.4 Å². The molecular weight excluding hydrogens is 748 g/mol. The Hall–Kier alpha value is -3.45. The summed E-state index contributed by atoms with van der Waals surface area (Å²) in [4.78, 5) is 31.4. The highest BCUT2D eigenvalue weighted by Gasteiger charge is 2.42. The fourth-order valence-corrected chi connectivity index (χ4v) is 8.06. The number of benzene rings is 4. The fourth-order valence-electron chi connectivity index (χ4n) is 4.76. The number of para-hydroxylation sites is 1. The van der Waals surface area contributed by atoms with Gasteiger partial charge in [-0.25, -0.2) is 10.0 Å². The predicted molar refractivity (Wildman–Crippen MR) is 203 cm³/mol. The van der Waals surface area contributed by atoms with Crippen LogP contribution in [0.25, 0.3) is 0 Å². The Morgan fingerprint density at radius 3 is 2.39 bits per heavy atom. The van der Waals surface area contributed by atoms with Gasteiger partial charge < -0.3 is 9.50 Å². The number of nitrogens with zero attached hydrogens (tertiary/aromatic N) is 3. The van der Waals surface area contributed by atoms with Crippen LogP contribution in [0, 0.1) is 6.92 Å². The molecule has 0 saturated carbocycles. The summed E-state index contributed by atoms with van der Waals surface area (Å²) in [5.74, 6) is -0.0255. The number of aliphatic imine (C=N–C) groups is 1. The van der Waals surface area contributed by atoms with E-state index in [9.17, 15) is 13.8 Å². The van der Waals surface area contributed by atoms with E-state index in [1.54, 1.807) is 34.6 Å². The van der Waals surface area contributed by atoms with Crippen molar-refractivity contribution in [1.82, 2.24) is 5.43 Å². The van der Waals surface area contributed by atoms with Crippen LogP contribution in [0.15, 0.2) is 88.8 Å². The lowest BCUT2D eigenvalue weighted by Crippen LogP contribution is -2.36. The topological polar surface area (TPSA) is 103 Å². The number of unbranched alkanes of at least 4 members (excludes halogenated alkanes) is 1. The van der Waals surface area contributed by atoms with E-state index in [1.807, 2.05) is 50.2 Å². The van der Waals surface area contributed by atoms with Crippen LogP contribution in [-0.2, 0) is 20.9 Å². The highest BCUT2D eigenvalue weighted by atomic mass is 35.5. The molecule has 1 saturated heterocycles. The fraction of sp³-hybridized carbons (Fsp3) is 0.206. The summed E-state index contributed by atoms with van der Waals surface area (Å²) in [6, 6.07) is 22.4.